The lowest BCUT2D eigenvalue weighted by Crippen LogP contribution is -2.35. The van der Waals surface area contributed by atoms with Crippen LogP contribution in [-0.4, -0.2) is 37.3 Å². The predicted molar refractivity (Wildman–Crippen MR) is 99.8 cm³/mol. The van der Waals surface area contributed by atoms with Crippen LogP contribution in [0.2, 0.25) is 0 Å². The highest BCUT2D eigenvalue weighted by molar-refractivity contribution is 7.99. The normalized spacial score (nSPS) is 18.5. The number of hydrogen-bond acceptors (Lipinski definition) is 4. The standard InChI is InChI=1S/C19H29NO3S/c1-5-7-8-14(6-2)18(21)20-11-12-24-19(20)16-10-9-15(22-3)13-17(16)23-4/h9-10,13-14,19H,5-8,11-12H2,1-4H3. The molecule has 1 aromatic rings. The van der Waals surface area contributed by atoms with Gasteiger partial charge in [0, 0.05) is 29.8 Å². The molecule has 1 aromatic carbocycles. The second-order valence-corrected chi connectivity index (χ2v) is 7.30. The van der Waals surface area contributed by atoms with Crippen molar-refractivity contribution < 1.29 is 14.3 Å². The van der Waals surface area contributed by atoms with E-state index in [1.807, 2.05) is 34.9 Å². The van der Waals surface area contributed by atoms with Crippen molar-refractivity contribution in [1.82, 2.24) is 4.90 Å². The molecule has 5 heteroatoms. The van der Waals surface area contributed by atoms with E-state index in [0.717, 1.165) is 55.0 Å². The second kappa shape index (κ2) is 9.21. The van der Waals surface area contributed by atoms with Gasteiger partial charge in [-0.15, -0.1) is 11.8 Å². The number of methoxy groups -OCH3 is 2. The molecule has 0 N–H and O–H groups in total. The monoisotopic (exact) mass is 351 g/mol. The van der Waals surface area contributed by atoms with Crippen molar-refractivity contribution >= 4 is 17.7 Å². The van der Waals surface area contributed by atoms with Crippen LogP contribution in [0.5, 0.6) is 11.5 Å². The smallest absolute Gasteiger partial charge is 0.226 e. The topological polar surface area (TPSA) is 38.8 Å². The Morgan fingerprint density at radius 1 is 1.33 bits per heavy atom. The van der Waals surface area contributed by atoms with E-state index < -0.39 is 0 Å². The predicted octanol–water partition coefficient (Wildman–Crippen LogP) is 4.49. The van der Waals surface area contributed by atoms with E-state index >= 15 is 0 Å². The molecule has 0 spiro atoms. The number of carbonyl (C=O) groups is 1. The van der Waals surface area contributed by atoms with Crippen molar-refractivity contribution in [3.8, 4) is 11.5 Å². The molecular weight excluding hydrogens is 322 g/mol. The van der Waals surface area contributed by atoms with E-state index in [1.54, 1.807) is 14.2 Å². The van der Waals surface area contributed by atoms with Gasteiger partial charge in [-0.3, -0.25) is 4.79 Å². The summed E-state index contributed by atoms with van der Waals surface area (Å²) < 4.78 is 10.8. The summed E-state index contributed by atoms with van der Waals surface area (Å²) in [4.78, 5) is 15.1. The number of rotatable bonds is 8. The highest BCUT2D eigenvalue weighted by Crippen LogP contribution is 2.43. The number of unbranched alkanes of at least 4 members (excludes halogenated alkanes) is 1. The number of nitrogens with zero attached hydrogens (tertiary/aromatic N) is 1. The zero-order valence-corrected chi connectivity index (χ0v) is 16.0. The Balaban J connectivity index is 2.22. The molecular formula is C19H29NO3S. The molecule has 0 saturated carbocycles. The molecule has 0 bridgehead atoms. The highest BCUT2D eigenvalue weighted by atomic mass is 32.2. The summed E-state index contributed by atoms with van der Waals surface area (Å²) in [5.41, 5.74) is 1.06. The maximum Gasteiger partial charge on any atom is 0.226 e. The third kappa shape index (κ3) is 4.18. The lowest BCUT2D eigenvalue weighted by atomic mass is 9.97. The van der Waals surface area contributed by atoms with Crippen LogP contribution in [0.1, 0.15) is 50.5 Å². The van der Waals surface area contributed by atoms with Gasteiger partial charge in [0.1, 0.15) is 16.9 Å². The molecule has 0 aliphatic carbocycles. The number of ether oxygens (including phenoxy) is 2. The zero-order valence-electron chi connectivity index (χ0n) is 15.2. The Kier molecular flexibility index (Phi) is 7.28. The summed E-state index contributed by atoms with van der Waals surface area (Å²) in [6, 6.07) is 5.85. The molecule has 2 rings (SSSR count). The first-order valence-electron chi connectivity index (χ1n) is 8.80. The lowest BCUT2D eigenvalue weighted by Gasteiger charge is -2.29. The largest absolute Gasteiger partial charge is 0.497 e. The van der Waals surface area contributed by atoms with Crippen molar-refractivity contribution in [3.63, 3.8) is 0 Å². The Morgan fingerprint density at radius 3 is 2.75 bits per heavy atom. The molecule has 1 amide bonds. The van der Waals surface area contributed by atoms with Crippen molar-refractivity contribution in [2.24, 2.45) is 5.92 Å². The van der Waals surface area contributed by atoms with E-state index in [-0.39, 0.29) is 11.3 Å². The Hall–Kier alpha value is -1.36. The molecule has 4 nitrogen and oxygen atoms in total. The molecule has 0 radical (unpaired) electrons. The third-order valence-corrected chi connectivity index (χ3v) is 5.87. The second-order valence-electron chi connectivity index (χ2n) is 6.11. The van der Waals surface area contributed by atoms with Gasteiger partial charge in [0.25, 0.3) is 0 Å². The first kappa shape index (κ1) is 19.0. The van der Waals surface area contributed by atoms with E-state index in [1.165, 1.54) is 0 Å². The maximum absolute atomic E-state index is 13.0. The van der Waals surface area contributed by atoms with Crippen LogP contribution in [0.25, 0.3) is 0 Å². The Bertz CT molecular complexity index is 549. The zero-order chi connectivity index (χ0) is 17.5. The molecule has 1 fully saturated rings. The average Bonchev–Trinajstić information content (AvgIpc) is 3.10. The molecule has 1 aliphatic rings. The lowest BCUT2D eigenvalue weighted by molar-refractivity contribution is -0.136. The fourth-order valence-electron chi connectivity index (χ4n) is 3.16. The fraction of sp³-hybridized carbons (Fsp3) is 0.632. The summed E-state index contributed by atoms with van der Waals surface area (Å²) >= 11 is 1.81. The van der Waals surface area contributed by atoms with Gasteiger partial charge in [-0.25, -0.2) is 0 Å². The number of thioether (sulfide) groups is 1. The van der Waals surface area contributed by atoms with Crippen molar-refractivity contribution in [3.05, 3.63) is 23.8 Å². The van der Waals surface area contributed by atoms with E-state index in [9.17, 15) is 4.79 Å². The van der Waals surface area contributed by atoms with Gasteiger partial charge in [-0.1, -0.05) is 26.7 Å². The van der Waals surface area contributed by atoms with Gasteiger partial charge in [0.15, 0.2) is 0 Å². The molecule has 2 unspecified atom stereocenters. The van der Waals surface area contributed by atoms with E-state index in [4.69, 9.17) is 9.47 Å². The first-order valence-corrected chi connectivity index (χ1v) is 9.85. The minimum absolute atomic E-state index is 0.0361. The van der Waals surface area contributed by atoms with Crippen molar-refractivity contribution in [2.75, 3.05) is 26.5 Å². The van der Waals surface area contributed by atoms with Gasteiger partial charge in [-0.05, 0) is 25.0 Å². The summed E-state index contributed by atoms with van der Waals surface area (Å²) in [7, 11) is 3.31. The SMILES string of the molecule is CCCCC(CC)C(=O)N1CCSC1c1ccc(OC)cc1OC. The fourth-order valence-corrected chi connectivity index (χ4v) is 4.45. The number of carbonyl (C=O) groups excluding carboxylic acids is 1. The Labute approximate surface area is 149 Å². The van der Waals surface area contributed by atoms with Gasteiger partial charge in [0.05, 0.1) is 14.2 Å². The van der Waals surface area contributed by atoms with Gasteiger partial charge < -0.3 is 14.4 Å². The summed E-state index contributed by atoms with van der Waals surface area (Å²) in [6.45, 7) is 5.10. The van der Waals surface area contributed by atoms with E-state index in [0.29, 0.717) is 5.91 Å². The van der Waals surface area contributed by atoms with Crippen LogP contribution in [0.3, 0.4) is 0 Å². The molecule has 1 saturated heterocycles. The van der Waals surface area contributed by atoms with Crippen LogP contribution in [-0.2, 0) is 4.79 Å². The molecule has 1 aliphatic heterocycles. The molecule has 134 valence electrons. The number of hydrogen-bond donors (Lipinski definition) is 0. The molecule has 1 heterocycles. The van der Waals surface area contributed by atoms with Crippen LogP contribution in [0.15, 0.2) is 18.2 Å². The highest BCUT2D eigenvalue weighted by Gasteiger charge is 2.35. The van der Waals surface area contributed by atoms with Crippen molar-refractivity contribution in [2.45, 2.75) is 44.9 Å². The molecule has 24 heavy (non-hydrogen) atoms. The van der Waals surface area contributed by atoms with E-state index in [2.05, 4.69) is 13.8 Å². The maximum atomic E-state index is 13.0. The number of benzene rings is 1. The summed E-state index contributed by atoms with van der Waals surface area (Å²) in [5, 5.41) is 0.0361. The quantitative estimate of drug-likeness (QED) is 0.691. The first-order chi connectivity index (χ1) is 11.7. The summed E-state index contributed by atoms with van der Waals surface area (Å²) in [5.74, 6) is 2.95. The van der Waals surface area contributed by atoms with Gasteiger partial charge in [0.2, 0.25) is 5.91 Å². The molecule has 2 atom stereocenters. The van der Waals surface area contributed by atoms with Crippen LogP contribution >= 0.6 is 11.8 Å². The van der Waals surface area contributed by atoms with Crippen LogP contribution < -0.4 is 9.47 Å². The van der Waals surface area contributed by atoms with Crippen LogP contribution in [0, 0.1) is 5.92 Å². The summed E-state index contributed by atoms with van der Waals surface area (Å²) in [6.07, 6.45) is 4.14. The van der Waals surface area contributed by atoms with Crippen molar-refractivity contribution in [1.29, 1.82) is 0 Å². The Morgan fingerprint density at radius 2 is 2.12 bits per heavy atom. The van der Waals surface area contributed by atoms with Crippen LogP contribution in [0.4, 0.5) is 0 Å². The minimum Gasteiger partial charge on any atom is -0.497 e. The molecule has 0 aromatic heterocycles. The average molecular weight is 352 g/mol. The number of amides is 1. The third-order valence-electron chi connectivity index (χ3n) is 4.63. The van der Waals surface area contributed by atoms with Gasteiger partial charge in [-0.2, -0.15) is 0 Å². The van der Waals surface area contributed by atoms with Gasteiger partial charge >= 0.3 is 0 Å². The minimum atomic E-state index is 0.0361.